The number of aromatic nitrogens is 3. The van der Waals surface area contributed by atoms with Crippen LogP contribution in [0.4, 0.5) is 32.6 Å². The molecule has 0 spiro atoms. The van der Waals surface area contributed by atoms with Crippen molar-refractivity contribution in [1.82, 2.24) is 14.5 Å². The molecule has 1 aromatic carbocycles. The molecule has 0 radical (unpaired) electrons. The molecule has 1 fully saturated rings. The van der Waals surface area contributed by atoms with Gasteiger partial charge in [0.1, 0.15) is 35.1 Å². The van der Waals surface area contributed by atoms with Gasteiger partial charge in [0, 0.05) is 18.1 Å². The summed E-state index contributed by atoms with van der Waals surface area (Å²) in [6, 6.07) is 2.61. The van der Waals surface area contributed by atoms with Crippen LogP contribution in [-0.2, 0) is 10.9 Å². The summed E-state index contributed by atoms with van der Waals surface area (Å²) >= 11 is 5.65. The van der Waals surface area contributed by atoms with Gasteiger partial charge in [0.25, 0.3) is 0 Å². The molecule has 2 aromatic heterocycles. The van der Waals surface area contributed by atoms with Gasteiger partial charge in [-0.2, -0.15) is 13.2 Å². The molecular formula is C19H12ClF5N4O2. The summed E-state index contributed by atoms with van der Waals surface area (Å²) in [6.07, 6.45) is -2.97. The number of alkyl halides is 3. The van der Waals surface area contributed by atoms with Gasteiger partial charge < -0.3 is 4.74 Å². The first kappa shape index (κ1) is 21.0. The Kier molecular flexibility index (Phi) is 5.08. The Morgan fingerprint density at radius 1 is 1.23 bits per heavy atom. The molecule has 1 saturated heterocycles. The third-order valence-electron chi connectivity index (χ3n) is 4.63. The standard InChI is InChI=1S/C19H12ClF5N4O2/c1-9-6-10(19(23,24)25)7-14(27-9)29-13(8-31-18(29)30)17-26-4-5-28(17)12-3-2-11(21)15(20)16(12)22/h2-7,13H,8H2,1H3/t13-/m0/s1. The largest absolute Gasteiger partial charge is 0.446 e. The molecule has 31 heavy (non-hydrogen) atoms. The van der Waals surface area contributed by atoms with E-state index >= 15 is 0 Å². The van der Waals surface area contributed by atoms with Gasteiger partial charge in [0.05, 0.1) is 11.3 Å². The minimum atomic E-state index is -4.66. The Bertz CT molecular complexity index is 1180. The molecule has 4 rings (SSSR count). The number of imidazole rings is 1. The Labute approximate surface area is 176 Å². The monoisotopic (exact) mass is 458 g/mol. The molecule has 1 atom stereocenters. The minimum Gasteiger partial charge on any atom is -0.446 e. The van der Waals surface area contributed by atoms with Crippen LogP contribution in [0.3, 0.4) is 0 Å². The predicted octanol–water partition coefficient (Wildman–Crippen LogP) is 5.22. The van der Waals surface area contributed by atoms with Gasteiger partial charge in [-0.25, -0.2) is 28.4 Å². The summed E-state index contributed by atoms with van der Waals surface area (Å²) in [7, 11) is 0. The number of rotatable bonds is 3. The third-order valence-corrected chi connectivity index (χ3v) is 4.98. The summed E-state index contributed by atoms with van der Waals surface area (Å²) in [4.78, 5) is 21.4. The van der Waals surface area contributed by atoms with Crippen LogP contribution >= 0.6 is 11.6 Å². The Balaban J connectivity index is 1.81. The number of nitrogens with zero attached hydrogens (tertiary/aromatic N) is 4. The van der Waals surface area contributed by atoms with Crippen molar-refractivity contribution >= 4 is 23.5 Å². The fourth-order valence-electron chi connectivity index (χ4n) is 3.27. The SMILES string of the molecule is Cc1cc(C(F)(F)F)cc(N2C(=O)OC[C@H]2c2nccn2-c2ccc(F)c(Cl)c2F)n1. The number of halogens is 6. The first-order chi connectivity index (χ1) is 14.6. The van der Waals surface area contributed by atoms with Gasteiger partial charge >= 0.3 is 12.3 Å². The quantitative estimate of drug-likeness (QED) is 0.398. The summed E-state index contributed by atoms with van der Waals surface area (Å²) in [5, 5.41) is -0.733. The maximum absolute atomic E-state index is 14.6. The number of pyridine rings is 1. The van der Waals surface area contributed by atoms with Crippen molar-refractivity contribution in [3.63, 3.8) is 0 Å². The predicted molar refractivity (Wildman–Crippen MR) is 99.0 cm³/mol. The molecule has 1 amide bonds. The van der Waals surface area contributed by atoms with E-state index in [-0.39, 0.29) is 29.6 Å². The van der Waals surface area contributed by atoms with Crippen LogP contribution in [0.2, 0.25) is 5.02 Å². The lowest BCUT2D eigenvalue weighted by Crippen LogP contribution is -2.30. The van der Waals surface area contributed by atoms with Gasteiger partial charge in [-0.05, 0) is 31.2 Å². The average Bonchev–Trinajstić information content (AvgIpc) is 3.31. The molecule has 1 aliphatic heterocycles. The van der Waals surface area contributed by atoms with Crippen molar-refractivity contribution in [2.75, 3.05) is 11.5 Å². The summed E-state index contributed by atoms with van der Waals surface area (Å²) in [6.45, 7) is 1.08. The zero-order valence-electron chi connectivity index (χ0n) is 15.6. The van der Waals surface area contributed by atoms with Gasteiger partial charge in [-0.15, -0.1) is 0 Å². The molecule has 0 aliphatic carbocycles. The van der Waals surface area contributed by atoms with E-state index in [4.69, 9.17) is 16.3 Å². The molecular weight excluding hydrogens is 447 g/mol. The highest BCUT2D eigenvalue weighted by molar-refractivity contribution is 6.31. The number of cyclic esters (lactones) is 1. The van der Waals surface area contributed by atoms with Crippen LogP contribution < -0.4 is 4.90 Å². The van der Waals surface area contributed by atoms with E-state index in [1.807, 2.05) is 0 Å². The zero-order chi connectivity index (χ0) is 22.5. The maximum Gasteiger partial charge on any atom is 0.416 e. The molecule has 3 heterocycles. The highest BCUT2D eigenvalue weighted by Crippen LogP contribution is 2.37. The second-order valence-electron chi connectivity index (χ2n) is 6.67. The van der Waals surface area contributed by atoms with Crippen molar-refractivity contribution < 1.29 is 31.5 Å². The van der Waals surface area contributed by atoms with Gasteiger partial charge in [0.2, 0.25) is 0 Å². The molecule has 0 N–H and O–H groups in total. The normalized spacial score (nSPS) is 16.7. The van der Waals surface area contributed by atoms with Crippen LogP contribution in [0.5, 0.6) is 0 Å². The Hall–Kier alpha value is -3.21. The molecule has 6 nitrogen and oxygen atoms in total. The van der Waals surface area contributed by atoms with Gasteiger partial charge in [-0.3, -0.25) is 4.57 Å². The number of ether oxygens (including phenoxy) is 1. The molecule has 3 aromatic rings. The number of amides is 1. The summed E-state index contributed by atoms with van der Waals surface area (Å²) < 4.78 is 74.0. The first-order valence-electron chi connectivity index (χ1n) is 8.77. The van der Waals surface area contributed by atoms with E-state index in [2.05, 4.69) is 9.97 Å². The summed E-state index contributed by atoms with van der Waals surface area (Å²) in [5.41, 5.74) is -1.12. The van der Waals surface area contributed by atoms with E-state index in [9.17, 15) is 26.7 Å². The number of carbonyl (C=O) groups is 1. The molecule has 0 bridgehead atoms. The average molecular weight is 459 g/mol. The van der Waals surface area contributed by atoms with E-state index in [0.717, 1.165) is 29.2 Å². The van der Waals surface area contributed by atoms with Crippen LogP contribution in [0, 0.1) is 18.6 Å². The molecule has 0 unspecified atom stereocenters. The highest BCUT2D eigenvalue weighted by Gasteiger charge is 2.41. The number of benzene rings is 1. The lowest BCUT2D eigenvalue weighted by molar-refractivity contribution is -0.137. The minimum absolute atomic E-state index is 0.0305. The zero-order valence-corrected chi connectivity index (χ0v) is 16.4. The third kappa shape index (κ3) is 3.69. The second-order valence-corrected chi connectivity index (χ2v) is 7.04. The van der Waals surface area contributed by atoms with Crippen LogP contribution in [0.25, 0.3) is 5.69 Å². The van der Waals surface area contributed by atoms with Gasteiger partial charge in [0.15, 0.2) is 5.82 Å². The second kappa shape index (κ2) is 7.49. The number of hydrogen-bond donors (Lipinski definition) is 0. The smallest absolute Gasteiger partial charge is 0.416 e. The molecule has 1 aliphatic rings. The van der Waals surface area contributed by atoms with Crippen molar-refractivity contribution in [2.45, 2.75) is 19.1 Å². The lowest BCUT2D eigenvalue weighted by atomic mass is 10.2. The molecule has 0 saturated carbocycles. The highest BCUT2D eigenvalue weighted by atomic mass is 35.5. The van der Waals surface area contributed by atoms with Crippen molar-refractivity contribution in [1.29, 1.82) is 0 Å². The van der Waals surface area contributed by atoms with Crippen LogP contribution in [0.15, 0.2) is 36.7 Å². The first-order valence-corrected chi connectivity index (χ1v) is 9.14. The number of aryl methyl sites for hydroxylation is 1. The van der Waals surface area contributed by atoms with Crippen molar-refractivity contribution in [3.05, 3.63) is 70.4 Å². The number of hydrogen-bond acceptors (Lipinski definition) is 4. The summed E-state index contributed by atoms with van der Waals surface area (Å²) in [5.74, 6) is -2.27. The topological polar surface area (TPSA) is 60.3 Å². The van der Waals surface area contributed by atoms with E-state index in [1.54, 1.807) is 0 Å². The van der Waals surface area contributed by atoms with Crippen LogP contribution in [0.1, 0.15) is 23.1 Å². The fourth-order valence-corrected chi connectivity index (χ4v) is 3.43. The molecule has 12 heteroatoms. The van der Waals surface area contributed by atoms with Crippen LogP contribution in [-0.4, -0.2) is 27.2 Å². The Morgan fingerprint density at radius 2 is 1.97 bits per heavy atom. The van der Waals surface area contributed by atoms with E-state index in [0.29, 0.717) is 0 Å². The van der Waals surface area contributed by atoms with Gasteiger partial charge in [-0.1, -0.05) is 11.6 Å². The number of carbonyl (C=O) groups excluding carboxylic acids is 1. The van der Waals surface area contributed by atoms with Crippen molar-refractivity contribution in [2.24, 2.45) is 0 Å². The lowest BCUT2D eigenvalue weighted by Gasteiger charge is -2.22. The fraction of sp³-hybridized carbons (Fsp3) is 0.211. The molecule has 162 valence electrons. The van der Waals surface area contributed by atoms with E-state index in [1.165, 1.54) is 23.9 Å². The van der Waals surface area contributed by atoms with Crippen molar-refractivity contribution in [3.8, 4) is 5.69 Å². The Morgan fingerprint density at radius 3 is 2.68 bits per heavy atom. The maximum atomic E-state index is 14.6. The number of anilines is 1. The van der Waals surface area contributed by atoms with E-state index < -0.39 is 40.5 Å².